The molecule has 49 heavy (non-hydrogen) atoms. The molecule has 1 aliphatic heterocycles. The van der Waals surface area contributed by atoms with Gasteiger partial charge in [-0.15, -0.1) is 11.3 Å². The zero-order valence-electron chi connectivity index (χ0n) is 26.4. The minimum atomic E-state index is 0.146. The van der Waals surface area contributed by atoms with Crippen molar-refractivity contribution >= 4 is 92.3 Å². The van der Waals surface area contributed by atoms with Crippen molar-refractivity contribution in [3.05, 3.63) is 163 Å². The fraction of sp³-hybridized carbons (Fsp3) is 0.0222. The number of nitrogens with one attached hydrogen (secondary N) is 1. The third-order valence-corrected chi connectivity index (χ3v) is 12.6. The first-order valence-electron chi connectivity index (χ1n) is 16.7. The highest BCUT2D eigenvalue weighted by molar-refractivity contribution is 8.00. The van der Waals surface area contributed by atoms with Crippen LogP contribution in [-0.4, -0.2) is 4.57 Å². The molecule has 1 aliphatic rings. The molecular formula is C45H28N2S2. The van der Waals surface area contributed by atoms with E-state index in [1.807, 2.05) is 23.1 Å². The van der Waals surface area contributed by atoms with Crippen LogP contribution in [-0.2, 0) is 0 Å². The number of thiophene rings is 1. The van der Waals surface area contributed by atoms with Gasteiger partial charge in [-0.05, 0) is 92.8 Å². The molecule has 1 unspecified atom stereocenters. The maximum absolute atomic E-state index is 3.95. The van der Waals surface area contributed by atoms with Crippen LogP contribution >= 0.6 is 23.1 Å². The van der Waals surface area contributed by atoms with Crippen molar-refractivity contribution in [3.63, 3.8) is 0 Å². The Labute approximate surface area is 291 Å². The van der Waals surface area contributed by atoms with Gasteiger partial charge < -0.3 is 9.88 Å². The van der Waals surface area contributed by atoms with Crippen molar-refractivity contribution in [1.82, 2.24) is 4.57 Å². The molecule has 0 amide bonds. The average molecular weight is 661 g/mol. The summed E-state index contributed by atoms with van der Waals surface area (Å²) in [7, 11) is 0. The van der Waals surface area contributed by atoms with Gasteiger partial charge in [0.05, 0.1) is 16.7 Å². The van der Waals surface area contributed by atoms with Gasteiger partial charge in [-0.1, -0.05) is 115 Å². The molecule has 3 heterocycles. The zero-order chi connectivity index (χ0) is 32.1. The van der Waals surface area contributed by atoms with E-state index in [0.717, 1.165) is 0 Å². The normalized spacial score (nSPS) is 14.4. The Kier molecular flexibility index (Phi) is 5.86. The maximum atomic E-state index is 3.95. The fourth-order valence-electron chi connectivity index (χ4n) is 7.89. The van der Waals surface area contributed by atoms with Crippen LogP contribution in [0.1, 0.15) is 10.9 Å². The SMILES string of the molecule is c1ccc(-c2ccc3sc4ccc5c(c4c3c2)NC(c2ccc(-n3c4cc6ccccc6cc4c4c6ccccc6ccc43)cc2)S5)cc1. The van der Waals surface area contributed by atoms with Gasteiger partial charge in [0.2, 0.25) is 0 Å². The van der Waals surface area contributed by atoms with Crippen LogP contribution in [0.25, 0.3) is 80.3 Å². The van der Waals surface area contributed by atoms with E-state index in [9.17, 15) is 0 Å². The van der Waals surface area contributed by atoms with E-state index < -0.39 is 0 Å². The van der Waals surface area contributed by atoms with Crippen LogP contribution in [0.4, 0.5) is 5.69 Å². The first kappa shape index (κ1) is 27.4. The topological polar surface area (TPSA) is 17.0 Å². The van der Waals surface area contributed by atoms with Crippen molar-refractivity contribution in [1.29, 1.82) is 0 Å². The fourth-order valence-corrected chi connectivity index (χ4v) is 10.1. The van der Waals surface area contributed by atoms with Crippen LogP contribution in [0.3, 0.4) is 0 Å². The summed E-state index contributed by atoms with van der Waals surface area (Å²) in [6.45, 7) is 0. The van der Waals surface area contributed by atoms with Gasteiger partial charge in [-0.2, -0.15) is 0 Å². The van der Waals surface area contributed by atoms with Gasteiger partial charge >= 0.3 is 0 Å². The summed E-state index contributed by atoms with van der Waals surface area (Å²) in [5, 5.41) is 14.5. The van der Waals surface area contributed by atoms with E-state index >= 15 is 0 Å². The third kappa shape index (κ3) is 4.14. The molecule has 2 aromatic heterocycles. The number of hydrogen-bond acceptors (Lipinski definition) is 3. The molecule has 2 nitrogen and oxygen atoms in total. The molecule has 11 rings (SSSR count). The number of anilines is 1. The second kappa shape index (κ2) is 10.5. The van der Waals surface area contributed by atoms with E-state index in [1.54, 1.807) is 0 Å². The van der Waals surface area contributed by atoms with Crippen molar-refractivity contribution in [2.75, 3.05) is 5.32 Å². The second-order valence-electron chi connectivity index (χ2n) is 13.0. The monoisotopic (exact) mass is 660 g/mol. The summed E-state index contributed by atoms with van der Waals surface area (Å²) in [5.74, 6) is 0. The molecule has 10 aromatic rings. The minimum absolute atomic E-state index is 0.146. The standard InChI is InChI=1S/C45H28N2S2/c1-2-8-27(9-3-1)32-17-21-39-36(25-32)43-40(48-39)22-23-41-44(43)46-45(49-41)29-14-18-33(19-15-29)47-37-20-16-28-10-6-7-13-34(28)42(37)35-24-30-11-4-5-12-31(30)26-38(35)47/h1-26,45-46H. The first-order valence-corrected chi connectivity index (χ1v) is 18.4. The number of rotatable bonds is 3. The molecule has 0 radical (unpaired) electrons. The quantitative estimate of drug-likeness (QED) is 0.203. The first-order chi connectivity index (χ1) is 24.3. The number of thioether (sulfide) groups is 1. The highest BCUT2D eigenvalue weighted by Gasteiger charge is 2.27. The number of hydrogen-bond donors (Lipinski definition) is 1. The van der Waals surface area contributed by atoms with Gasteiger partial charge in [-0.25, -0.2) is 0 Å². The molecule has 0 fully saturated rings. The summed E-state index contributed by atoms with van der Waals surface area (Å²) >= 11 is 3.79. The van der Waals surface area contributed by atoms with E-state index in [1.165, 1.54) is 96.5 Å². The van der Waals surface area contributed by atoms with Gasteiger partial charge in [0.15, 0.2) is 0 Å². The number of fused-ring (bicyclic) bond motifs is 11. The summed E-state index contributed by atoms with van der Waals surface area (Å²) in [6.07, 6.45) is 0. The number of aromatic nitrogens is 1. The predicted octanol–water partition coefficient (Wildman–Crippen LogP) is 13.3. The van der Waals surface area contributed by atoms with Crippen LogP contribution < -0.4 is 5.32 Å². The average Bonchev–Trinajstić information content (AvgIpc) is 3.85. The summed E-state index contributed by atoms with van der Waals surface area (Å²) in [4.78, 5) is 1.31. The van der Waals surface area contributed by atoms with E-state index in [4.69, 9.17) is 0 Å². The van der Waals surface area contributed by atoms with E-state index in [2.05, 4.69) is 168 Å². The highest BCUT2D eigenvalue weighted by atomic mass is 32.2. The molecule has 1 N–H and O–H groups in total. The lowest BCUT2D eigenvalue weighted by molar-refractivity contribution is 1.12. The Morgan fingerprint density at radius 1 is 0.490 bits per heavy atom. The van der Waals surface area contributed by atoms with E-state index in [-0.39, 0.29) is 5.37 Å². The summed E-state index contributed by atoms with van der Waals surface area (Å²) < 4.78 is 5.10. The van der Waals surface area contributed by atoms with Crippen molar-refractivity contribution in [2.24, 2.45) is 0 Å². The lowest BCUT2D eigenvalue weighted by Gasteiger charge is -2.14. The molecule has 8 aromatic carbocycles. The van der Waals surface area contributed by atoms with Gasteiger partial charge in [0.1, 0.15) is 5.37 Å². The highest BCUT2D eigenvalue weighted by Crippen LogP contribution is 2.52. The summed E-state index contributed by atoms with van der Waals surface area (Å²) in [5.41, 5.74) is 8.69. The van der Waals surface area contributed by atoms with Crippen LogP contribution in [0.2, 0.25) is 0 Å². The summed E-state index contributed by atoms with van der Waals surface area (Å²) in [6, 6.07) is 58.1. The largest absolute Gasteiger partial charge is 0.368 e. The van der Waals surface area contributed by atoms with Crippen LogP contribution in [0, 0.1) is 0 Å². The third-order valence-electron chi connectivity index (χ3n) is 10.2. The molecule has 4 heteroatoms. The van der Waals surface area contributed by atoms with E-state index in [0.29, 0.717) is 0 Å². The second-order valence-corrected chi connectivity index (χ2v) is 15.2. The Bertz CT molecular complexity index is 2940. The van der Waals surface area contributed by atoms with Gasteiger partial charge in [-0.3, -0.25) is 0 Å². The molecular weight excluding hydrogens is 633 g/mol. The molecule has 0 saturated carbocycles. The molecule has 0 bridgehead atoms. The smallest absolute Gasteiger partial charge is 0.103 e. The lowest BCUT2D eigenvalue weighted by Crippen LogP contribution is -2.02. The molecule has 230 valence electrons. The Hall–Kier alpha value is -5.55. The molecule has 0 spiro atoms. The predicted molar refractivity (Wildman–Crippen MR) is 213 cm³/mol. The van der Waals surface area contributed by atoms with Crippen molar-refractivity contribution in [3.8, 4) is 16.8 Å². The van der Waals surface area contributed by atoms with Crippen LogP contribution in [0.5, 0.6) is 0 Å². The zero-order valence-corrected chi connectivity index (χ0v) is 28.0. The van der Waals surface area contributed by atoms with Gasteiger partial charge in [0.25, 0.3) is 0 Å². The van der Waals surface area contributed by atoms with Crippen molar-refractivity contribution in [2.45, 2.75) is 10.3 Å². The van der Waals surface area contributed by atoms with Crippen molar-refractivity contribution < 1.29 is 0 Å². The molecule has 1 atom stereocenters. The van der Waals surface area contributed by atoms with Crippen LogP contribution in [0.15, 0.2) is 163 Å². The Balaban J connectivity index is 1.01. The minimum Gasteiger partial charge on any atom is -0.368 e. The number of benzene rings is 8. The number of nitrogens with zero attached hydrogens (tertiary/aromatic N) is 1. The maximum Gasteiger partial charge on any atom is 0.103 e. The Morgan fingerprint density at radius 2 is 1.24 bits per heavy atom. The lowest BCUT2D eigenvalue weighted by atomic mass is 10.0. The molecule has 0 saturated heterocycles. The Morgan fingerprint density at radius 3 is 2.10 bits per heavy atom. The molecule has 0 aliphatic carbocycles. The van der Waals surface area contributed by atoms with Gasteiger partial charge in [0, 0.05) is 41.5 Å².